The maximum absolute atomic E-state index is 12.6. The number of nitrogens with one attached hydrogen (secondary N) is 4. The fourth-order valence-electron chi connectivity index (χ4n) is 31.6. The number of aliphatic hydroxyl groups is 1. The van der Waals surface area contributed by atoms with Gasteiger partial charge in [-0.25, -0.2) is 9.59 Å². The molecule has 14 aliphatic carbocycles. The van der Waals surface area contributed by atoms with Gasteiger partial charge in [0.15, 0.2) is 11.5 Å². The number of aliphatic carboxylic acids is 2. The van der Waals surface area contributed by atoms with Crippen LogP contribution in [0.3, 0.4) is 0 Å². The van der Waals surface area contributed by atoms with Gasteiger partial charge >= 0.3 is 29.9 Å². The van der Waals surface area contributed by atoms with Crippen LogP contribution >= 0.6 is 0 Å². The fraction of sp³-hybridized carbons (Fsp3) is 0.893. The summed E-state index contributed by atoms with van der Waals surface area (Å²) in [6, 6.07) is -0.160. The topological polar surface area (TPSA) is 428 Å². The van der Waals surface area contributed by atoms with Crippen LogP contribution in [0.25, 0.3) is 36.1 Å². The van der Waals surface area contributed by atoms with Gasteiger partial charge < -0.3 is 81.3 Å². The van der Waals surface area contributed by atoms with Crippen LogP contribution < -0.4 is 10.6 Å². The zero-order valence-electron chi connectivity index (χ0n) is 87.8. The van der Waals surface area contributed by atoms with E-state index in [1.54, 1.807) is 18.1 Å². The molecule has 0 radical (unpaired) electrons. The van der Waals surface area contributed by atoms with Crippen molar-refractivity contribution in [3.05, 3.63) is 71.0 Å². The van der Waals surface area contributed by atoms with E-state index in [0.29, 0.717) is 111 Å². The number of hydrogen-bond acceptors (Lipinski definition) is 8. The molecular formula is C112H199N8O13Pt3-3. The standard InChI is InChI=1S/C37H59NO5.C35H59NO5.C34H58O3.C6H12N2.4H2N.3Pt/c1-24(2)9-6-10-25(3)29-14-15-30-28-13-12-26-23-27(16-20-35(26,4)31(28)17-21-36(29,30)5)43-34(42)38-22-7-11-32(39)37(33(40)41)18-8-19-37;1-23(2)8-6-9-24(3)29-14-15-30-28-13-11-25-22-27(17-19-34(25,4)31(28)18-20-35(29,30)5)41-33(40)36-21-7-10-26(37)12-16-32(38)39;1-23(2)9-7-10-24(3)30-14-15-31-29-13-12-26-22-28(37-20-8-11-27(36)21-25(4)35)16-18-33(26,5)32(29)17-19-34(30,31)6;7-5-3-1-2-4-6(5)8;;;;;;;/h12,24-25,27-31H,6-11,13-23H2,1-5H3,(H,38,42)(H,40,41);11,23-24,26-31,37H,6-10,12-22H2,1-5H3,(H,36,40)(H,38,39);12,23-25,28-32,35H,7-11,13-22H2,1-6H3;5-8H,1-4H2;4*1H2;;;/q;;;-2;4*-1;;;/p+3/t25-,27+,28?,29-,30?,31?,35+,36-;24-,26?,27+,28+,29-,30+,31+,34+,35-;24-,25?,28+,29?,30-,31?,32?,33+,34-;5-,6-;;;;;;;/m1111......./s1. The van der Waals surface area contributed by atoms with Crippen molar-refractivity contribution in [2.24, 2.45) is 144 Å². The number of ether oxygens (including phenoxy) is 3. The molecule has 0 saturated heterocycles. The van der Waals surface area contributed by atoms with Crippen molar-refractivity contribution < 1.29 is 127 Å². The number of ketones is 2. The summed E-state index contributed by atoms with van der Waals surface area (Å²) in [5.74, 6) is 13.9. The third-order valence-electron chi connectivity index (χ3n) is 39.3. The Morgan fingerprint density at radius 1 is 0.434 bits per heavy atom. The van der Waals surface area contributed by atoms with Crippen LogP contribution in [0.15, 0.2) is 34.9 Å². The molecule has 21 nitrogen and oxygen atoms in total. The molecule has 8 unspecified atom stereocenters. The maximum Gasteiger partial charge on any atom is 0.407 e. The number of aliphatic hydroxyl groups excluding tert-OH is 1. The van der Waals surface area contributed by atoms with Crippen molar-refractivity contribution in [1.29, 1.82) is 0 Å². The summed E-state index contributed by atoms with van der Waals surface area (Å²) in [4.78, 5) is 67.7. The number of alkyl carbamates (subject to hydrolysis) is 2. The van der Waals surface area contributed by atoms with E-state index < -0.39 is 35.7 Å². The predicted octanol–water partition coefficient (Wildman–Crippen LogP) is 30.3. The van der Waals surface area contributed by atoms with Crippen molar-refractivity contribution in [2.45, 2.75) is 468 Å². The van der Waals surface area contributed by atoms with Gasteiger partial charge in [-0.15, -0.1) is 0 Å². The van der Waals surface area contributed by atoms with Gasteiger partial charge in [-0.1, -0.05) is 222 Å². The first-order chi connectivity index (χ1) is 61.2. The van der Waals surface area contributed by atoms with Crippen LogP contribution in [0.2, 0.25) is 0 Å². The monoisotopic (exact) mass is 2450 g/mol. The Labute approximate surface area is 869 Å². The number of carboxylic acid groups (broad SMARTS) is 2. The summed E-state index contributed by atoms with van der Waals surface area (Å²) >= 11 is 0. The zero-order valence-corrected chi connectivity index (χ0v) is 94.6. The number of carbonyl (C=O) groups is 4. The third-order valence-corrected chi connectivity index (χ3v) is 39.3. The first-order valence-electron chi connectivity index (χ1n) is 54.1. The van der Waals surface area contributed by atoms with Crippen LogP contribution in [0.1, 0.15) is 425 Å². The summed E-state index contributed by atoms with van der Waals surface area (Å²) in [5, 5.41) is 41.3. The number of carboxylic acids is 2. The van der Waals surface area contributed by atoms with E-state index in [-0.39, 0.29) is 141 Å². The minimum Gasteiger partial charge on any atom is -0.693 e. The fourth-order valence-corrected chi connectivity index (χ4v) is 31.6. The normalized spacial score (nSPS) is 35.4. The second-order valence-electron chi connectivity index (χ2n) is 48.8. The largest absolute Gasteiger partial charge is 0.693 e. The second kappa shape index (κ2) is 56.6. The number of nitrogens with two attached hydrogens (primary N) is 4. The number of carbonyl (C=O) groups excluding carboxylic acids is 4. The molecule has 0 heterocycles. The molecule has 2 amide bonds. The molecule has 28 atom stereocenters. The first-order valence-corrected chi connectivity index (χ1v) is 54.1. The van der Waals surface area contributed by atoms with E-state index in [4.69, 9.17) is 35.9 Å². The van der Waals surface area contributed by atoms with Gasteiger partial charge in [-0.05, 0) is 326 Å². The Morgan fingerprint density at radius 2 is 0.801 bits per heavy atom. The van der Waals surface area contributed by atoms with Gasteiger partial charge in [0.1, 0.15) is 12.2 Å². The Kier molecular flexibility index (Phi) is 52.5. The average molecular weight is 2450 g/mol. The average Bonchev–Trinajstić information content (AvgIpc) is 1.13. The van der Waals surface area contributed by atoms with Gasteiger partial charge in [0.05, 0.1) is 37.9 Å². The van der Waals surface area contributed by atoms with Crippen molar-refractivity contribution in [3.8, 4) is 0 Å². The Hall–Kier alpha value is -2.26. The second-order valence-corrected chi connectivity index (χ2v) is 48.8. The molecule has 11 saturated carbocycles. The van der Waals surface area contributed by atoms with Gasteiger partial charge in [0.25, 0.3) is 5.78 Å². The van der Waals surface area contributed by atoms with E-state index in [0.717, 1.165) is 177 Å². The van der Waals surface area contributed by atoms with Crippen LogP contribution in [-0.2, 0) is 87.0 Å². The molecular weight excluding hydrogens is 2250 g/mol. The summed E-state index contributed by atoms with van der Waals surface area (Å²) < 4.78 is 18.1. The smallest absolute Gasteiger partial charge is 0.407 e. The van der Waals surface area contributed by atoms with Crippen LogP contribution in [0.4, 0.5) is 9.59 Å². The molecule has 19 N–H and O–H groups in total. The van der Waals surface area contributed by atoms with Gasteiger partial charge in [-0.3, -0.25) is 19.2 Å². The van der Waals surface area contributed by atoms with Crippen LogP contribution in [-0.4, -0.2) is 128 Å². The van der Waals surface area contributed by atoms with E-state index in [1.807, 2.05) is 0 Å². The summed E-state index contributed by atoms with van der Waals surface area (Å²) in [6.07, 6.45) is 59.3. The molecule has 0 bridgehead atoms. The van der Waals surface area contributed by atoms with Crippen LogP contribution in [0.5, 0.6) is 0 Å². The van der Waals surface area contributed by atoms with E-state index in [9.17, 15) is 39.0 Å². The molecule has 14 rings (SSSR count). The molecule has 14 aliphatic rings. The van der Waals surface area contributed by atoms with Gasteiger partial charge in [-0.2, -0.15) is 12.1 Å². The van der Waals surface area contributed by atoms with Gasteiger partial charge in [0.2, 0.25) is 0 Å². The summed E-state index contributed by atoms with van der Waals surface area (Å²) in [7, 11) is 0. The molecule has 24 heteroatoms. The number of rotatable bonds is 37. The molecule has 0 aliphatic heterocycles. The van der Waals surface area contributed by atoms with Crippen molar-refractivity contribution in [3.63, 3.8) is 0 Å². The Balaban J connectivity index is 0.000000399. The number of allylic oxidation sites excluding steroid dienone is 3. The van der Waals surface area contributed by atoms with Crippen molar-refractivity contribution in [1.82, 2.24) is 10.6 Å². The third kappa shape index (κ3) is 30.7. The quantitative estimate of drug-likeness (QED) is 0.0169. The molecule has 0 spiro atoms. The SMILES string of the molecule is CC(C)CCC[C@@H](C)[C@H]1CCC2C3CC=C4C[C@@H](OC(=O)NCCCC(=[OH+])C5(C(=O)O)CCC5)CC[C@]4(C)C3CC[C@@]21C.CC(C)CCC[C@@H](C)[C@H]1CCC2C3CC=C4C[C@@H](OCCCC(=[OH+])CC(C)O)CC[C@]4(C)C3CC[C@@]21C.CC(C)CCC[C@@H](C)[C@H]1CC[C@H]2[C@@H]3CC=C4C[C@@H](OC(=O)NCCCC([OH2+])CCC(=O)O)CC[C@]4(C)[C@H]3CC[C@]12C.[NH-][C@@H]1CCCC[C@H]1[NH-].[NH2-].[NH2-].[NH2-].[NH2-].[Pt].[Pt].[Pt]. The molecule has 798 valence electrons. The minimum atomic E-state index is -1.07. The maximum atomic E-state index is 12.6. The van der Waals surface area contributed by atoms with E-state index in [2.05, 4.69) is 133 Å². The number of amides is 2. The molecule has 0 aromatic carbocycles. The molecule has 0 aromatic heterocycles. The molecule has 11 fully saturated rings. The Bertz CT molecular complexity index is 3740. The number of fused-ring (bicyclic) bond motifs is 15. The van der Waals surface area contributed by atoms with E-state index >= 15 is 0 Å². The Morgan fingerprint density at radius 3 is 1.14 bits per heavy atom. The van der Waals surface area contributed by atoms with Gasteiger partial charge in [0, 0.05) is 109 Å². The van der Waals surface area contributed by atoms with E-state index in [1.165, 1.54) is 185 Å². The molecule has 0 aromatic rings. The summed E-state index contributed by atoms with van der Waals surface area (Å²) in [5.41, 5.74) is 20.7. The first kappa shape index (κ1) is 126. The van der Waals surface area contributed by atoms with Crippen LogP contribution in [0, 0.1) is 144 Å². The number of hydrogen-bond donors (Lipinski definition) is 5. The minimum absolute atomic E-state index is 0. The van der Waals surface area contributed by atoms with Crippen molar-refractivity contribution in [2.75, 3.05) is 19.7 Å². The summed E-state index contributed by atoms with van der Waals surface area (Å²) in [6.45, 7) is 40.8. The zero-order chi connectivity index (χ0) is 93.6. The van der Waals surface area contributed by atoms with Crippen molar-refractivity contribution >= 4 is 35.7 Å². The molecule has 136 heavy (non-hydrogen) atoms. The predicted molar refractivity (Wildman–Crippen MR) is 547 cm³/mol.